The van der Waals surface area contributed by atoms with Crippen LogP contribution in [0.25, 0.3) is 11.1 Å². The summed E-state index contributed by atoms with van der Waals surface area (Å²) in [5.74, 6) is -0.349. The van der Waals surface area contributed by atoms with Crippen LogP contribution >= 0.6 is 0 Å². The summed E-state index contributed by atoms with van der Waals surface area (Å²) in [6.45, 7) is 6.12. The molecule has 1 unspecified atom stereocenters. The van der Waals surface area contributed by atoms with E-state index in [-0.39, 0.29) is 23.6 Å². The average molecular weight is 564 g/mol. The third-order valence-electron chi connectivity index (χ3n) is 9.09. The van der Waals surface area contributed by atoms with Gasteiger partial charge in [-0.1, -0.05) is 64.2 Å². The van der Waals surface area contributed by atoms with Crippen LogP contribution in [0.2, 0.25) is 0 Å². The minimum atomic E-state index is -0.767. The third-order valence-corrected chi connectivity index (χ3v) is 9.09. The molecule has 10 heteroatoms. The van der Waals surface area contributed by atoms with Crippen molar-refractivity contribution in [1.29, 1.82) is 0 Å². The number of H-pyrrole nitrogens is 1. The topological polar surface area (TPSA) is 118 Å². The van der Waals surface area contributed by atoms with E-state index in [1.54, 1.807) is 16.9 Å². The average Bonchev–Trinajstić information content (AvgIpc) is 3.60. The first-order valence-electron chi connectivity index (χ1n) is 15.2. The zero-order chi connectivity index (χ0) is 28.9. The predicted octanol–water partition coefficient (Wildman–Crippen LogP) is 5.96. The van der Waals surface area contributed by atoms with Crippen LogP contribution in [-0.2, 0) is 11.3 Å². The zero-order valence-electron chi connectivity index (χ0n) is 24.4. The summed E-state index contributed by atoms with van der Waals surface area (Å²) >= 11 is 0. The van der Waals surface area contributed by atoms with Gasteiger partial charge in [-0.05, 0) is 44.6 Å². The molecular formula is C31H42FN7O2. The number of carbonyl (C=O) groups is 2. The number of hydrogen-bond donors (Lipinski definition) is 3. The van der Waals surface area contributed by atoms with Crippen LogP contribution in [0.1, 0.15) is 93.0 Å². The molecule has 0 radical (unpaired) electrons. The maximum absolute atomic E-state index is 15.3. The number of amides is 2. The van der Waals surface area contributed by atoms with E-state index in [0.717, 1.165) is 57.1 Å². The van der Waals surface area contributed by atoms with Crippen LogP contribution in [0.5, 0.6) is 0 Å². The molecule has 0 aromatic carbocycles. The molecule has 41 heavy (non-hydrogen) atoms. The molecule has 0 saturated heterocycles. The Morgan fingerprint density at radius 1 is 1.07 bits per heavy atom. The fourth-order valence-corrected chi connectivity index (χ4v) is 7.13. The van der Waals surface area contributed by atoms with Gasteiger partial charge in [-0.25, -0.2) is 9.37 Å². The first-order chi connectivity index (χ1) is 19.9. The van der Waals surface area contributed by atoms with E-state index in [1.165, 1.54) is 25.1 Å². The standard InChI is InChI=1S/C31H42FN7O2/c1-4-39-25(15-16-34-39)30(40)36-29(28(21-11-7-5-8-12-21)22-13-9-6-10-14-22)31(41)35-26-17-24(32)23(18-33-26)27-19(2)37-38-20(27)3/h15-18,21-22,28-29H,4-14H2,1-3H3,(H,36,40)(H,37,38)(H,33,35,41). The molecule has 2 aliphatic rings. The number of carbonyl (C=O) groups excluding carboxylic acids is 2. The van der Waals surface area contributed by atoms with Crippen LogP contribution in [0.3, 0.4) is 0 Å². The number of aromatic amines is 1. The van der Waals surface area contributed by atoms with E-state index in [9.17, 15) is 9.59 Å². The van der Waals surface area contributed by atoms with Crippen LogP contribution in [0, 0.1) is 37.4 Å². The Morgan fingerprint density at radius 2 is 1.73 bits per heavy atom. The normalized spacial score (nSPS) is 17.5. The molecule has 220 valence electrons. The Hall–Kier alpha value is -3.56. The molecule has 2 amide bonds. The zero-order valence-corrected chi connectivity index (χ0v) is 24.4. The highest BCUT2D eigenvalue weighted by atomic mass is 19.1. The summed E-state index contributed by atoms with van der Waals surface area (Å²) in [5, 5.41) is 17.3. The number of rotatable bonds is 9. The first kappa shape index (κ1) is 29.0. The van der Waals surface area contributed by atoms with Gasteiger partial charge in [0.1, 0.15) is 23.4 Å². The summed E-state index contributed by atoms with van der Waals surface area (Å²) in [5.41, 5.74) is 2.84. The maximum atomic E-state index is 15.3. The second kappa shape index (κ2) is 13.0. The second-order valence-corrected chi connectivity index (χ2v) is 11.7. The fourth-order valence-electron chi connectivity index (χ4n) is 7.13. The van der Waals surface area contributed by atoms with E-state index in [2.05, 4.69) is 30.9 Å². The van der Waals surface area contributed by atoms with E-state index >= 15 is 4.39 Å². The molecule has 3 aromatic heterocycles. The molecule has 1 atom stereocenters. The SMILES string of the molecule is CCn1nccc1C(=O)NC(C(=O)Nc1cc(F)c(-c2c(C)n[nH]c2C)cn1)C(C1CCCCC1)C1CCCCC1. The number of hydrogen-bond acceptors (Lipinski definition) is 5. The quantitative estimate of drug-likeness (QED) is 0.297. The van der Waals surface area contributed by atoms with E-state index in [1.807, 2.05) is 20.8 Å². The van der Waals surface area contributed by atoms with Gasteiger partial charge in [0.25, 0.3) is 5.91 Å². The van der Waals surface area contributed by atoms with Crippen LogP contribution in [0.15, 0.2) is 24.5 Å². The number of pyridine rings is 1. The third kappa shape index (κ3) is 6.36. The maximum Gasteiger partial charge on any atom is 0.270 e. The van der Waals surface area contributed by atoms with Crippen molar-refractivity contribution >= 4 is 17.6 Å². The Morgan fingerprint density at radius 3 is 2.29 bits per heavy atom. The largest absolute Gasteiger partial charge is 0.339 e. The van der Waals surface area contributed by atoms with Gasteiger partial charge < -0.3 is 10.6 Å². The summed E-state index contributed by atoms with van der Waals surface area (Å²) in [7, 11) is 0. The van der Waals surface area contributed by atoms with Gasteiger partial charge in [0.15, 0.2) is 0 Å². The highest BCUT2D eigenvalue weighted by Crippen LogP contribution is 2.42. The molecule has 9 nitrogen and oxygen atoms in total. The smallest absolute Gasteiger partial charge is 0.270 e. The van der Waals surface area contributed by atoms with Crippen molar-refractivity contribution in [3.8, 4) is 11.1 Å². The van der Waals surface area contributed by atoms with Crippen molar-refractivity contribution in [3.63, 3.8) is 0 Å². The van der Waals surface area contributed by atoms with E-state index < -0.39 is 11.9 Å². The molecule has 3 heterocycles. The van der Waals surface area contributed by atoms with E-state index in [0.29, 0.717) is 40.9 Å². The number of aromatic nitrogens is 5. The van der Waals surface area contributed by atoms with Gasteiger partial charge >= 0.3 is 0 Å². The minimum absolute atomic E-state index is 0.00195. The van der Waals surface area contributed by atoms with Crippen LogP contribution in [0.4, 0.5) is 10.2 Å². The van der Waals surface area contributed by atoms with Crippen molar-refractivity contribution in [3.05, 3.63) is 47.4 Å². The molecule has 0 spiro atoms. The van der Waals surface area contributed by atoms with Gasteiger partial charge in [-0.3, -0.25) is 19.4 Å². The molecule has 3 N–H and O–H groups in total. The summed E-state index contributed by atoms with van der Waals surface area (Å²) in [4.78, 5) is 32.1. The lowest BCUT2D eigenvalue weighted by Crippen LogP contribution is -2.53. The van der Waals surface area contributed by atoms with E-state index in [4.69, 9.17) is 0 Å². The first-order valence-corrected chi connectivity index (χ1v) is 15.2. The van der Waals surface area contributed by atoms with Gasteiger partial charge in [0.2, 0.25) is 5.91 Å². The number of nitrogens with zero attached hydrogens (tertiary/aromatic N) is 4. The molecule has 0 bridgehead atoms. The van der Waals surface area contributed by atoms with Gasteiger partial charge in [0, 0.05) is 41.8 Å². The van der Waals surface area contributed by atoms with Gasteiger partial charge in [0.05, 0.1) is 5.69 Å². The minimum Gasteiger partial charge on any atom is -0.339 e. The molecule has 0 aliphatic heterocycles. The van der Waals surface area contributed by atoms with Crippen molar-refractivity contribution in [1.82, 2.24) is 30.3 Å². The molecule has 3 aromatic rings. The summed E-state index contributed by atoms with van der Waals surface area (Å²) in [6, 6.07) is 2.16. The number of aryl methyl sites for hydroxylation is 3. The Kier molecular flexibility index (Phi) is 9.15. The lowest BCUT2D eigenvalue weighted by Gasteiger charge is -2.41. The lowest BCUT2D eigenvalue weighted by molar-refractivity contribution is -0.121. The van der Waals surface area contributed by atoms with Crippen molar-refractivity contribution in [2.75, 3.05) is 5.32 Å². The second-order valence-electron chi connectivity index (χ2n) is 11.7. The molecule has 2 aliphatic carbocycles. The summed E-state index contributed by atoms with van der Waals surface area (Å²) in [6.07, 6.45) is 14.2. The van der Waals surface area contributed by atoms with Gasteiger partial charge in [-0.15, -0.1) is 0 Å². The monoisotopic (exact) mass is 563 g/mol. The van der Waals surface area contributed by atoms with Crippen molar-refractivity contribution in [2.45, 2.75) is 97.6 Å². The van der Waals surface area contributed by atoms with Crippen molar-refractivity contribution < 1.29 is 14.0 Å². The van der Waals surface area contributed by atoms with Crippen LogP contribution in [-0.4, -0.2) is 42.8 Å². The van der Waals surface area contributed by atoms with Crippen molar-refractivity contribution in [2.24, 2.45) is 17.8 Å². The highest BCUT2D eigenvalue weighted by molar-refractivity contribution is 6.00. The Balaban J connectivity index is 1.46. The predicted molar refractivity (Wildman–Crippen MR) is 156 cm³/mol. The Bertz CT molecular complexity index is 1320. The Labute approximate surface area is 241 Å². The number of nitrogens with one attached hydrogen (secondary N) is 3. The molecule has 5 rings (SSSR count). The molecular weight excluding hydrogens is 521 g/mol. The number of halogens is 1. The highest BCUT2D eigenvalue weighted by Gasteiger charge is 2.41. The van der Waals surface area contributed by atoms with Crippen LogP contribution < -0.4 is 10.6 Å². The lowest BCUT2D eigenvalue weighted by atomic mass is 9.66. The molecule has 2 fully saturated rings. The summed E-state index contributed by atoms with van der Waals surface area (Å²) < 4.78 is 17.0. The fraction of sp³-hybridized carbons (Fsp3) is 0.581. The molecule has 2 saturated carbocycles. The van der Waals surface area contributed by atoms with Gasteiger partial charge in [-0.2, -0.15) is 10.2 Å². The number of anilines is 1.